The van der Waals surface area contributed by atoms with Crippen LogP contribution in [-0.2, 0) is 0 Å². The summed E-state index contributed by atoms with van der Waals surface area (Å²) < 4.78 is 0. The Hall–Kier alpha value is -0.940. The number of piperazine rings is 1. The molecule has 2 rings (SSSR count). The van der Waals surface area contributed by atoms with Crippen LogP contribution < -0.4 is 0 Å². The topological polar surface area (TPSA) is 46.9 Å². The lowest BCUT2D eigenvalue weighted by Crippen LogP contribution is -2.50. The van der Waals surface area contributed by atoms with E-state index in [9.17, 15) is 10.2 Å². The summed E-state index contributed by atoms with van der Waals surface area (Å²) in [6.45, 7) is 15.6. The van der Waals surface area contributed by atoms with E-state index in [-0.39, 0.29) is 11.5 Å². The van der Waals surface area contributed by atoms with E-state index in [4.69, 9.17) is 0 Å². The van der Waals surface area contributed by atoms with Crippen molar-refractivity contribution in [3.63, 3.8) is 0 Å². The molecule has 0 radical (unpaired) electrons. The molecule has 1 aliphatic rings. The van der Waals surface area contributed by atoms with E-state index in [1.54, 1.807) is 0 Å². The minimum Gasteiger partial charge on any atom is -0.391 e. The summed E-state index contributed by atoms with van der Waals surface area (Å²) in [7, 11) is 0. The number of β-amino-alcohol motifs (C(OH)–C–C–N with tert-alkyl or cyclic N) is 2. The number of aliphatic hydroxyl groups excluding tert-OH is 2. The highest BCUT2D eigenvalue weighted by molar-refractivity contribution is 5.31. The Morgan fingerprint density at radius 3 is 1.96 bits per heavy atom. The largest absolute Gasteiger partial charge is 0.391 e. The molecule has 1 aliphatic heterocycles. The van der Waals surface area contributed by atoms with Gasteiger partial charge in [0.05, 0.1) is 12.2 Å². The van der Waals surface area contributed by atoms with Crippen LogP contribution in [-0.4, -0.2) is 65.4 Å². The molecule has 2 atom stereocenters. The van der Waals surface area contributed by atoms with Gasteiger partial charge in [0.25, 0.3) is 0 Å². The number of aryl methyl sites for hydroxylation is 2. The Balaban J connectivity index is 1.81. The molecule has 2 N–H and O–H groups in total. The van der Waals surface area contributed by atoms with Gasteiger partial charge in [-0.15, -0.1) is 0 Å². The fourth-order valence-electron chi connectivity index (χ4n) is 2.99. The van der Waals surface area contributed by atoms with Crippen molar-refractivity contribution in [2.24, 2.45) is 5.41 Å². The first-order valence-electron chi connectivity index (χ1n) is 9.05. The molecule has 24 heavy (non-hydrogen) atoms. The van der Waals surface area contributed by atoms with Gasteiger partial charge in [-0.05, 0) is 36.0 Å². The van der Waals surface area contributed by atoms with E-state index in [1.807, 2.05) is 6.07 Å². The highest BCUT2D eigenvalue weighted by Crippen LogP contribution is 2.21. The van der Waals surface area contributed by atoms with Gasteiger partial charge in [0.15, 0.2) is 0 Å². The third kappa shape index (κ3) is 5.28. The van der Waals surface area contributed by atoms with Gasteiger partial charge >= 0.3 is 0 Å². The monoisotopic (exact) mass is 334 g/mol. The van der Waals surface area contributed by atoms with Gasteiger partial charge in [-0.1, -0.05) is 39.0 Å². The van der Waals surface area contributed by atoms with Crippen molar-refractivity contribution in [1.82, 2.24) is 9.80 Å². The summed E-state index contributed by atoms with van der Waals surface area (Å²) >= 11 is 0. The molecular formula is C20H34N2O2. The molecule has 0 aromatic heterocycles. The fourth-order valence-corrected chi connectivity index (χ4v) is 2.99. The van der Waals surface area contributed by atoms with Crippen LogP contribution in [0.4, 0.5) is 0 Å². The van der Waals surface area contributed by atoms with Crippen LogP contribution in [0.3, 0.4) is 0 Å². The molecule has 136 valence electrons. The predicted octanol–water partition coefficient (Wildman–Crippen LogP) is 2.36. The molecular weight excluding hydrogens is 300 g/mol. The van der Waals surface area contributed by atoms with Crippen molar-refractivity contribution >= 4 is 0 Å². The van der Waals surface area contributed by atoms with E-state index < -0.39 is 6.10 Å². The van der Waals surface area contributed by atoms with Crippen molar-refractivity contribution in [3.8, 4) is 0 Å². The molecule has 0 amide bonds. The van der Waals surface area contributed by atoms with Gasteiger partial charge in [0, 0.05) is 39.3 Å². The van der Waals surface area contributed by atoms with Crippen LogP contribution in [0.1, 0.15) is 43.6 Å². The maximum absolute atomic E-state index is 10.5. The van der Waals surface area contributed by atoms with E-state index in [0.717, 1.165) is 38.3 Å². The molecule has 1 aromatic rings. The first kappa shape index (κ1) is 19.4. The van der Waals surface area contributed by atoms with Crippen LogP contribution in [0, 0.1) is 19.3 Å². The molecule has 0 aliphatic carbocycles. The van der Waals surface area contributed by atoms with E-state index in [2.05, 4.69) is 56.6 Å². The van der Waals surface area contributed by atoms with Crippen molar-refractivity contribution in [3.05, 3.63) is 34.9 Å². The van der Waals surface area contributed by atoms with Crippen LogP contribution in [0.5, 0.6) is 0 Å². The SMILES string of the molecule is Cc1ccc([C@@H](O)CN2CCN(C[C@@H](O)C(C)(C)C)CC2)cc1C. The summed E-state index contributed by atoms with van der Waals surface area (Å²) in [5.74, 6) is 0. The second-order valence-electron chi connectivity index (χ2n) is 8.34. The van der Waals surface area contributed by atoms with E-state index >= 15 is 0 Å². The van der Waals surface area contributed by atoms with E-state index in [0.29, 0.717) is 6.54 Å². The molecule has 0 saturated carbocycles. The van der Waals surface area contributed by atoms with Crippen LogP contribution >= 0.6 is 0 Å². The summed E-state index contributed by atoms with van der Waals surface area (Å²) in [5, 5.41) is 20.8. The first-order valence-corrected chi connectivity index (χ1v) is 9.05. The summed E-state index contributed by atoms with van der Waals surface area (Å²) in [6, 6.07) is 6.21. The predicted molar refractivity (Wildman–Crippen MR) is 99.2 cm³/mol. The summed E-state index contributed by atoms with van der Waals surface area (Å²) in [6.07, 6.45) is -0.735. The summed E-state index contributed by atoms with van der Waals surface area (Å²) in [5.41, 5.74) is 3.42. The molecule has 1 heterocycles. The lowest BCUT2D eigenvalue weighted by molar-refractivity contribution is 0.00718. The Labute approximate surface area is 147 Å². The van der Waals surface area contributed by atoms with Crippen LogP contribution in [0.15, 0.2) is 18.2 Å². The molecule has 1 saturated heterocycles. The standard InChI is InChI=1S/C20H34N2O2/c1-15-6-7-17(12-16(15)2)18(23)13-21-8-10-22(11-9-21)14-19(24)20(3,4)5/h6-7,12,18-19,23-24H,8-11,13-14H2,1-5H3/t18-,19+/m0/s1. The fraction of sp³-hybridized carbons (Fsp3) is 0.700. The zero-order valence-corrected chi connectivity index (χ0v) is 15.9. The minimum absolute atomic E-state index is 0.0728. The quantitative estimate of drug-likeness (QED) is 0.868. The van der Waals surface area contributed by atoms with Gasteiger partial charge in [-0.3, -0.25) is 9.80 Å². The van der Waals surface area contributed by atoms with Gasteiger partial charge < -0.3 is 10.2 Å². The number of aliphatic hydroxyl groups is 2. The molecule has 4 nitrogen and oxygen atoms in total. The highest BCUT2D eigenvalue weighted by atomic mass is 16.3. The lowest BCUT2D eigenvalue weighted by atomic mass is 9.89. The van der Waals surface area contributed by atoms with Crippen molar-refractivity contribution < 1.29 is 10.2 Å². The molecule has 0 unspecified atom stereocenters. The maximum atomic E-state index is 10.5. The van der Waals surface area contributed by atoms with Crippen LogP contribution in [0.2, 0.25) is 0 Å². The lowest BCUT2D eigenvalue weighted by Gasteiger charge is -2.38. The van der Waals surface area contributed by atoms with Gasteiger partial charge in [-0.2, -0.15) is 0 Å². The third-order valence-electron chi connectivity index (χ3n) is 5.24. The molecule has 1 fully saturated rings. The molecule has 0 bridgehead atoms. The normalized spacial score (nSPS) is 20.1. The Morgan fingerprint density at radius 1 is 0.917 bits per heavy atom. The second-order valence-corrected chi connectivity index (χ2v) is 8.34. The number of benzene rings is 1. The number of hydrogen-bond acceptors (Lipinski definition) is 4. The van der Waals surface area contributed by atoms with Gasteiger partial charge in [-0.25, -0.2) is 0 Å². The molecule has 4 heteroatoms. The second kappa shape index (κ2) is 7.96. The zero-order chi connectivity index (χ0) is 17.9. The smallest absolute Gasteiger partial charge is 0.0917 e. The Morgan fingerprint density at radius 2 is 1.46 bits per heavy atom. The van der Waals surface area contributed by atoms with Crippen LogP contribution in [0.25, 0.3) is 0 Å². The highest BCUT2D eigenvalue weighted by Gasteiger charge is 2.27. The number of hydrogen-bond donors (Lipinski definition) is 2. The van der Waals surface area contributed by atoms with Crippen molar-refractivity contribution in [2.45, 2.75) is 46.8 Å². The summed E-state index contributed by atoms with van der Waals surface area (Å²) in [4.78, 5) is 4.65. The van der Waals surface area contributed by atoms with E-state index in [1.165, 1.54) is 11.1 Å². The van der Waals surface area contributed by atoms with Gasteiger partial charge in [0.1, 0.15) is 0 Å². The van der Waals surface area contributed by atoms with Crippen molar-refractivity contribution in [2.75, 3.05) is 39.3 Å². The number of nitrogens with zero attached hydrogens (tertiary/aromatic N) is 2. The van der Waals surface area contributed by atoms with Crippen molar-refractivity contribution in [1.29, 1.82) is 0 Å². The third-order valence-corrected chi connectivity index (χ3v) is 5.24. The first-order chi connectivity index (χ1) is 11.2. The molecule has 1 aromatic carbocycles. The number of rotatable bonds is 5. The Kier molecular flexibility index (Phi) is 6.43. The minimum atomic E-state index is -0.434. The Bertz CT molecular complexity index is 531. The molecule has 0 spiro atoms. The van der Waals surface area contributed by atoms with Gasteiger partial charge in [0.2, 0.25) is 0 Å². The average molecular weight is 335 g/mol. The zero-order valence-electron chi connectivity index (χ0n) is 15.9. The maximum Gasteiger partial charge on any atom is 0.0917 e. The average Bonchev–Trinajstić information content (AvgIpc) is 2.51.